The normalized spacial score (nSPS) is 21.8. The van der Waals surface area contributed by atoms with Crippen LogP contribution in [-0.4, -0.2) is 47.8 Å². The van der Waals surface area contributed by atoms with Crippen molar-refractivity contribution >= 4 is 6.09 Å². The SMILES string of the molecule is O=C(OCC1c2ccccc2-c2ccccc21)N1CCC(O)(C(F)F)C1. The van der Waals surface area contributed by atoms with E-state index in [0.717, 1.165) is 27.2 Å². The Morgan fingerprint density at radius 3 is 2.27 bits per heavy atom. The average molecular weight is 359 g/mol. The monoisotopic (exact) mass is 359 g/mol. The molecule has 1 amide bonds. The summed E-state index contributed by atoms with van der Waals surface area (Å²) in [6.07, 6.45) is -3.69. The predicted octanol–water partition coefficient (Wildman–Crippen LogP) is 3.64. The molecule has 136 valence electrons. The number of hydrogen-bond donors (Lipinski definition) is 1. The summed E-state index contributed by atoms with van der Waals surface area (Å²) < 4.78 is 31.2. The van der Waals surface area contributed by atoms with Crippen LogP contribution < -0.4 is 0 Å². The van der Waals surface area contributed by atoms with E-state index in [1.54, 1.807) is 0 Å². The zero-order valence-corrected chi connectivity index (χ0v) is 14.1. The number of rotatable bonds is 3. The number of nitrogens with zero attached hydrogens (tertiary/aromatic N) is 1. The molecule has 0 spiro atoms. The van der Waals surface area contributed by atoms with Gasteiger partial charge in [0.05, 0.1) is 6.54 Å². The second-order valence-electron chi connectivity index (χ2n) is 6.88. The van der Waals surface area contributed by atoms with Crippen LogP contribution in [-0.2, 0) is 4.74 Å². The van der Waals surface area contributed by atoms with Crippen molar-refractivity contribution in [3.63, 3.8) is 0 Å². The van der Waals surface area contributed by atoms with Gasteiger partial charge in [0.1, 0.15) is 12.2 Å². The largest absolute Gasteiger partial charge is 0.448 e. The molecule has 1 unspecified atom stereocenters. The van der Waals surface area contributed by atoms with E-state index in [1.807, 2.05) is 48.5 Å². The standard InChI is InChI=1S/C20H19F2NO3/c21-18(22)20(25)9-10-23(12-20)19(24)26-11-17-15-7-3-1-5-13(15)14-6-2-4-8-16(14)17/h1-8,17-18,25H,9-12H2. The maximum Gasteiger partial charge on any atom is 0.409 e. The Morgan fingerprint density at radius 2 is 1.73 bits per heavy atom. The molecule has 1 atom stereocenters. The van der Waals surface area contributed by atoms with Crippen molar-refractivity contribution in [2.24, 2.45) is 0 Å². The van der Waals surface area contributed by atoms with E-state index < -0.39 is 24.7 Å². The fraction of sp³-hybridized carbons (Fsp3) is 0.350. The Balaban J connectivity index is 1.48. The lowest BCUT2D eigenvalue weighted by Gasteiger charge is -2.22. The van der Waals surface area contributed by atoms with E-state index in [4.69, 9.17) is 4.74 Å². The minimum atomic E-state index is -2.88. The maximum absolute atomic E-state index is 12.9. The van der Waals surface area contributed by atoms with Gasteiger partial charge in [-0.1, -0.05) is 48.5 Å². The Kier molecular flexibility index (Phi) is 4.15. The van der Waals surface area contributed by atoms with Crippen LogP contribution >= 0.6 is 0 Å². The van der Waals surface area contributed by atoms with Crippen molar-refractivity contribution in [1.29, 1.82) is 0 Å². The summed E-state index contributed by atoms with van der Waals surface area (Å²) in [5.74, 6) is -0.0806. The molecular formula is C20H19F2NO3. The molecule has 1 fully saturated rings. The summed E-state index contributed by atoms with van der Waals surface area (Å²) in [5, 5.41) is 9.83. The number of carbonyl (C=O) groups excluding carboxylic acids is 1. The molecule has 1 saturated heterocycles. The van der Waals surface area contributed by atoms with Crippen molar-refractivity contribution < 1.29 is 23.4 Å². The van der Waals surface area contributed by atoms with Crippen LogP contribution in [0.25, 0.3) is 11.1 Å². The molecule has 2 aromatic rings. The molecule has 1 aliphatic carbocycles. The van der Waals surface area contributed by atoms with Crippen molar-refractivity contribution in [3.05, 3.63) is 59.7 Å². The van der Waals surface area contributed by atoms with Crippen molar-refractivity contribution in [3.8, 4) is 11.1 Å². The third-order valence-electron chi connectivity index (χ3n) is 5.28. The van der Waals surface area contributed by atoms with Crippen LogP contribution in [0.15, 0.2) is 48.5 Å². The van der Waals surface area contributed by atoms with E-state index in [9.17, 15) is 18.7 Å². The number of ether oxygens (including phenoxy) is 1. The zero-order chi connectivity index (χ0) is 18.3. The van der Waals surface area contributed by atoms with E-state index in [-0.39, 0.29) is 25.5 Å². The maximum atomic E-state index is 12.9. The molecule has 26 heavy (non-hydrogen) atoms. The van der Waals surface area contributed by atoms with Gasteiger partial charge < -0.3 is 14.7 Å². The summed E-state index contributed by atoms with van der Waals surface area (Å²) >= 11 is 0. The highest BCUT2D eigenvalue weighted by Gasteiger charge is 2.46. The van der Waals surface area contributed by atoms with Gasteiger partial charge in [-0.25, -0.2) is 13.6 Å². The van der Waals surface area contributed by atoms with Gasteiger partial charge in [0, 0.05) is 18.9 Å². The van der Waals surface area contributed by atoms with Crippen LogP contribution in [0.1, 0.15) is 23.5 Å². The minimum absolute atomic E-state index is 0.0670. The van der Waals surface area contributed by atoms with Crippen LogP contribution in [0.5, 0.6) is 0 Å². The quantitative estimate of drug-likeness (QED) is 0.910. The average Bonchev–Trinajstić information content (AvgIpc) is 3.20. The molecule has 0 aromatic heterocycles. The number of halogens is 2. The number of carbonyl (C=O) groups is 1. The Morgan fingerprint density at radius 1 is 1.15 bits per heavy atom. The lowest BCUT2D eigenvalue weighted by atomic mass is 9.98. The highest BCUT2D eigenvalue weighted by atomic mass is 19.3. The zero-order valence-electron chi connectivity index (χ0n) is 14.1. The van der Waals surface area contributed by atoms with Gasteiger partial charge in [0.25, 0.3) is 6.43 Å². The van der Waals surface area contributed by atoms with E-state index in [0.29, 0.717) is 0 Å². The highest BCUT2D eigenvalue weighted by molar-refractivity contribution is 5.79. The van der Waals surface area contributed by atoms with Crippen molar-refractivity contribution in [2.45, 2.75) is 24.4 Å². The predicted molar refractivity (Wildman–Crippen MR) is 92.2 cm³/mol. The third-order valence-corrected chi connectivity index (χ3v) is 5.28. The van der Waals surface area contributed by atoms with E-state index in [1.165, 1.54) is 0 Å². The molecule has 1 aliphatic heterocycles. The molecule has 4 nitrogen and oxygen atoms in total. The van der Waals surface area contributed by atoms with Crippen LogP contribution in [0, 0.1) is 0 Å². The van der Waals surface area contributed by atoms with Gasteiger partial charge in [-0.15, -0.1) is 0 Å². The second-order valence-corrected chi connectivity index (χ2v) is 6.88. The molecular weight excluding hydrogens is 340 g/mol. The van der Waals surface area contributed by atoms with Crippen molar-refractivity contribution in [2.75, 3.05) is 19.7 Å². The third kappa shape index (κ3) is 2.74. The summed E-state index contributed by atoms with van der Waals surface area (Å²) in [7, 11) is 0. The first-order valence-corrected chi connectivity index (χ1v) is 8.60. The van der Waals surface area contributed by atoms with Gasteiger partial charge >= 0.3 is 6.09 Å². The Labute approximate surface area is 150 Å². The number of β-amino-alcohol motifs (C(OH)–C–C–N with tert-alkyl or cyclic N) is 1. The number of fused-ring (bicyclic) bond motifs is 3. The molecule has 6 heteroatoms. The molecule has 2 aromatic carbocycles. The summed E-state index contributed by atoms with van der Waals surface area (Å²) in [5.41, 5.74) is 2.29. The fourth-order valence-electron chi connectivity index (χ4n) is 3.84. The van der Waals surface area contributed by atoms with E-state index >= 15 is 0 Å². The fourth-order valence-corrected chi connectivity index (χ4v) is 3.84. The smallest absolute Gasteiger partial charge is 0.409 e. The second kappa shape index (κ2) is 6.36. The van der Waals surface area contributed by atoms with Gasteiger partial charge in [0.2, 0.25) is 0 Å². The molecule has 1 heterocycles. The topological polar surface area (TPSA) is 49.8 Å². The van der Waals surface area contributed by atoms with Gasteiger partial charge in [0.15, 0.2) is 0 Å². The Hall–Kier alpha value is -2.47. The minimum Gasteiger partial charge on any atom is -0.448 e. The number of likely N-dealkylation sites (tertiary alicyclic amines) is 1. The van der Waals surface area contributed by atoms with Gasteiger partial charge in [-0.3, -0.25) is 0 Å². The summed E-state index contributed by atoms with van der Waals surface area (Å²) in [4.78, 5) is 13.4. The first kappa shape index (κ1) is 17.0. The van der Waals surface area contributed by atoms with E-state index in [2.05, 4.69) is 0 Å². The number of benzene rings is 2. The lowest BCUT2D eigenvalue weighted by molar-refractivity contribution is -0.0862. The first-order chi connectivity index (χ1) is 12.5. The number of aliphatic hydroxyl groups is 1. The molecule has 2 aliphatic rings. The molecule has 0 saturated carbocycles. The van der Waals surface area contributed by atoms with Crippen LogP contribution in [0.2, 0.25) is 0 Å². The molecule has 4 rings (SSSR count). The summed E-state index contributed by atoms with van der Waals surface area (Å²) in [6.45, 7) is -0.199. The van der Waals surface area contributed by atoms with Gasteiger partial charge in [-0.05, 0) is 22.3 Å². The first-order valence-electron chi connectivity index (χ1n) is 8.60. The lowest BCUT2D eigenvalue weighted by Crippen LogP contribution is -2.42. The number of hydrogen-bond acceptors (Lipinski definition) is 3. The Bertz CT molecular complexity index is 796. The molecule has 0 bridgehead atoms. The molecule has 1 N–H and O–H groups in total. The number of amides is 1. The van der Waals surface area contributed by atoms with Gasteiger partial charge in [-0.2, -0.15) is 0 Å². The summed E-state index contributed by atoms with van der Waals surface area (Å²) in [6, 6.07) is 15.9. The highest BCUT2D eigenvalue weighted by Crippen LogP contribution is 2.44. The molecule has 0 radical (unpaired) electrons. The van der Waals surface area contributed by atoms with Crippen LogP contribution in [0.3, 0.4) is 0 Å². The van der Waals surface area contributed by atoms with Crippen molar-refractivity contribution in [1.82, 2.24) is 4.90 Å². The van der Waals surface area contributed by atoms with Crippen LogP contribution in [0.4, 0.5) is 13.6 Å². The number of alkyl halides is 2.